The number of nitrogens with zero attached hydrogens (tertiary/aromatic N) is 1. The van der Waals surface area contributed by atoms with E-state index >= 15 is 0 Å². The molecule has 0 saturated carbocycles. The number of hydrogen-bond acceptors (Lipinski definition) is 2. The Morgan fingerprint density at radius 1 is 1.17 bits per heavy atom. The van der Waals surface area contributed by atoms with E-state index in [4.69, 9.17) is 0 Å². The fraction of sp³-hybridized carbons (Fsp3) is 0.611. The maximum absolute atomic E-state index is 13.5. The highest BCUT2D eigenvalue weighted by atomic mass is 19.4. The highest BCUT2D eigenvalue weighted by molar-refractivity contribution is 5.83. The number of ketones is 1. The lowest BCUT2D eigenvalue weighted by atomic mass is 9.76. The van der Waals surface area contributed by atoms with Gasteiger partial charge in [0.15, 0.2) is 0 Å². The molecule has 1 aromatic carbocycles. The first kappa shape index (κ1) is 17.4. The van der Waals surface area contributed by atoms with Crippen molar-refractivity contribution < 1.29 is 22.4 Å². The van der Waals surface area contributed by atoms with E-state index in [1.807, 2.05) is 0 Å². The van der Waals surface area contributed by atoms with Crippen LogP contribution in [0.1, 0.15) is 43.2 Å². The number of rotatable bonds is 3. The lowest BCUT2D eigenvalue weighted by Gasteiger charge is -2.46. The Kier molecular flexibility index (Phi) is 4.69. The summed E-state index contributed by atoms with van der Waals surface area (Å²) in [7, 11) is 2.08. The van der Waals surface area contributed by atoms with Crippen LogP contribution in [0.4, 0.5) is 17.6 Å². The van der Waals surface area contributed by atoms with Gasteiger partial charge in [0.1, 0.15) is 11.6 Å². The molecule has 2 unspecified atom stereocenters. The normalized spacial score (nSPS) is 28.0. The Bertz CT molecular complexity index is 614. The number of fused-ring (bicyclic) bond motifs is 2. The minimum atomic E-state index is -4.61. The Hall–Kier alpha value is -1.43. The smallest absolute Gasteiger partial charge is 0.300 e. The summed E-state index contributed by atoms with van der Waals surface area (Å²) in [6.07, 6.45) is 0.0725. The molecule has 2 aliphatic rings. The first-order valence-electron chi connectivity index (χ1n) is 8.35. The molecular formula is C18H21F4NO. The van der Waals surface area contributed by atoms with Gasteiger partial charge in [-0.2, -0.15) is 13.2 Å². The van der Waals surface area contributed by atoms with Gasteiger partial charge in [0.05, 0.1) is 5.56 Å². The van der Waals surface area contributed by atoms with Crippen LogP contribution in [-0.2, 0) is 17.4 Å². The van der Waals surface area contributed by atoms with Crippen molar-refractivity contribution in [3.8, 4) is 0 Å². The van der Waals surface area contributed by atoms with Gasteiger partial charge < -0.3 is 4.90 Å². The fourth-order valence-corrected chi connectivity index (χ4v) is 4.14. The molecule has 0 N–H and O–H groups in total. The number of benzene rings is 1. The van der Waals surface area contributed by atoms with E-state index < -0.39 is 17.6 Å². The molecule has 6 heteroatoms. The standard InChI is InChI=1S/C18H21F4NO/c1-23-15-3-2-4-16(23)9-12(8-15)17(24)7-11-5-13(18(20,21)22)10-14(19)6-11/h5-6,10,12,15-16H,2-4,7-9H2,1H3. The van der Waals surface area contributed by atoms with Crippen molar-refractivity contribution in [2.24, 2.45) is 5.92 Å². The van der Waals surface area contributed by atoms with Gasteiger partial charge in [0.2, 0.25) is 0 Å². The first-order chi connectivity index (χ1) is 11.2. The van der Waals surface area contributed by atoms with Gasteiger partial charge in [0, 0.05) is 24.4 Å². The second-order valence-electron chi connectivity index (χ2n) is 7.06. The van der Waals surface area contributed by atoms with Crippen LogP contribution in [0.25, 0.3) is 0 Å². The Morgan fingerprint density at radius 2 is 1.79 bits per heavy atom. The molecular weight excluding hydrogens is 322 g/mol. The molecule has 2 heterocycles. The number of carbonyl (C=O) groups is 1. The Balaban J connectivity index is 1.72. The summed E-state index contributed by atoms with van der Waals surface area (Å²) < 4.78 is 51.8. The van der Waals surface area contributed by atoms with Crippen LogP contribution in [0.2, 0.25) is 0 Å². The number of Topliss-reactive ketones (excluding diaryl/α,β-unsaturated/α-hetero) is 1. The summed E-state index contributed by atoms with van der Waals surface area (Å²) in [4.78, 5) is 14.9. The minimum absolute atomic E-state index is 0.0706. The Morgan fingerprint density at radius 3 is 2.38 bits per heavy atom. The van der Waals surface area contributed by atoms with E-state index in [1.165, 1.54) is 6.42 Å². The van der Waals surface area contributed by atoms with E-state index in [9.17, 15) is 22.4 Å². The molecule has 3 rings (SSSR count). The van der Waals surface area contributed by atoms with Gasteiger partial charge in [-0.05, 0) is 56.5 Å². The predicted molar refractivity (Wildman–Crippen MR) is 82.0 cm³/mol. The van der Waals surface area contributed by atoms with Crippen molar-refractivity contribution in [3.63, 3.8) is 0 Å². The lowest BCUT2D eigenvalue weighted by Crippen LogP contribution is -2.51. The van der Waals surface area contributed by atoms with Gasteiger partial charge in [-0.3, -0.25) is 4.79 Å². The summed E-state index contributed by atoms with van der Waals surface area (Å²) in [5.41, 5.74) is -0.929. The average molecular weight is 343 g/mol. The van der Waals surface area contributed by atoms with Crippen molar-refractivity contribution in [1.29, 1.82) is 0 Å². The zero-order chi connectivity index (χ0) is 17.5. The number of halogens is 4. The molecule has 0 radical (unpaired) electrons. The zero-order valence-corrected chi connectivity index (χ0v) is 13.6. The van der Waals surface area contributed by atoms with Crippen molar-refractivity contribution in [1.82, 2.24) is 4.90 Å². The van der Waals surface area contributed by atoms with Crippen LogP contribution >= 0.6 is 0 Å². The number of carbonyl (C=O) groups excluding carboxylic acids is 1. The lowest BCUT2D eigenvalue weighted by molar-refractivity contribution is -0.138. The molecule has 2 nitrogen and oxygen atoms in total. The second-order valence-corrected chi connectivity index (χ2v) is 7.06. The third-order valence-corrected chi connectivity index (χ3v) is 5.46. The monoisotopic (exact) mass is 343 g/mol. The van der Waals surface area contributed by atoms with Crippen molar-refractivity contribution >= 4 is 5.78 Å². The van der Waals surface area contributed by atoms with Gasteiger partial charge in [0.25, 0.3) is 0 Å². The van der Waals surface area contributed by atoms with E-state index in [0.29, 0.717) is 18.2 Å². The molecule has 0 spiro atoms. The SMILES string of the molecule is CN1C2CCCC1CC(C(=O)Cc1cc(F)cc(C(F)(F)F)c1)C2. The number of alkyl halides is 3. The highest BCUT2D eigenvalue weighted by Gasteiger charge is 2.38. The summed E-state index contributed by atoms with van der Waals surface area (Å²) >= 11 is 0. The summed E-state index contributed by atoms with van der Waals surface area (Å²) in [6, 6.07) is 3.14. The third kappa shape index (κ3) is 3.63. The zero-order valence-electron chi connectivity index (χ0n) is 13.6. The van der Waals surface area contributed by atoms with Crippen LogP contribution in [-0.4, -0.2) is 29.8 Å². The van der Waals surface area contributed by atoms with Crippen LogP contribution < -0.4 is 0 Å². The largest absolute Gasteiger partial charge is 0.416 e. The fourth-order valence-electron chi connectivity index (χ4n) is 4.14. The molecule has 0 aliphatic carbocycles. The molecule has 2 fully saturated rings. The highest BCUT2D eigenvalue weighted by Crippen LogP contribution is 2.37. The van der Waals surface area contributed by atoms with E-state index in [0.717, 1.165) is 37.8 Å². The average Bonchev–Trinajstić information content (AvgIpc) is 2.45. The number of hydrogen-bond donors (Lipinski definition) is 0. The molecule has 2 atom stereocenters. The minimum Gasteiger partial charge on any atom is -0.300 e. The first-order valence-corrected chi connectivity index (χ1v) is 8.35. The summed E-state index contributed by atoms with van der Waals surface area (Å²) in [5, 5.41) is 0. The summed E-state index contributed by atoms with van der Waals surface area (Å²) in [5.74, 6) is -1.15. The van der Waals surface area contributed by atoms with Crippen molar-refractivity contribution in [2.45, 2.75) is 56.8 Å². The van der Waals surface area contributed by atoms with Crippen molar-refractivity contribution in [3.05, 3.63) is 35.1 Å². The van der Waals surface area contributed by atoms with Crippen LogP contribution in [0.3, 0.4) is 0 Å². The number of piperidine rings is 2. The molecule has 2 bridgehead atoms. The second kappa shape index (κ2) is 6.47. The van der Waals surface area contributed by atoms with Gasteiger partial charge in [-0.1, -0.05) is 6.42 Å². The van der Waals surface area contributed by atoms with Crippen LogP contribution in [0, 0.1) is 11.7 Å². The Labute approximate surface area is 138 Å². The maximum Gasteiger partial charge on any atom is 0.416 e. The van der Waals surface area contributed by atoms with E-state index in [-0.39, 0.29) is 23.7 Å². The van der Waals surface area contributed by atoms with Crippen LogP contribution in [0.5, 0.6) is 0 Å². The molecule has 0 aromatic heterocycles. The van der Waals surface area contributed by atoms with Crippen molar-refractivity contribution in [2.75, 3.05) is 7.05 Å². The molecule has 24 heavy (non-hydrogen) atoms. The topological polar surface area (TPSA) is 20.3 Å². The molecule has 132 valence electrons. The third-order valence-electron chi connectivity index (χ3n) is 5.46. The van der Waals surface area contributed by atoms with Gasteiger partial charge in [-0.15, -0.1) is 0 Å². The molecule has 2 aliphatic heterocycles. The van der Waals surface area contributed by atoms with E-state index in [2.05, 4.69) is 11.9 Å². The quantitative estimate of drug-likeness (QED) is 0.766. The van der Waals surface area contributed by atoms with Crippen LogP contribution in [0.15, 0.2) is 18.2 Å². The molecule has 1 aromatic rings. The van der Waals surface area contributed by atoms with Gasteiger partial charge in [-0.25, -0.2) is 4.39 Å². The maximum atomic E-state index is 13.5. The summed E-state index contributed by atoms with van der Waals surface area (Å²) in [6.45, 7) is 0. The van der Waals surface area contributed by atoms with E-state index in [1.54, 1.807) is 0 Å². The molecule has 2 saturated heterocycles. The molecule has 0 amide bonds. The predicted octanol–water partition coefficient (Wildman–Crippen LogP) is 4.22. The van der Waals surface area contributed by atoms with Gasteiger partial charge >= 0.3 is 6.18 Å².